The zero-order chi connectivity index (χ0) is 35.9. The van der Waals surface area contributed by atoms with Crippen molar-refractivity contribution in [2.45, 2.75) is 71.1 Å². The molecule has 8 nitrogen and oxygen atoms in total. The van der Waals surface area contributed by atoms with Gasteiger partial charge in [-0.3, -0.25) is 9.59 Å². The second-order valence-corrected chi connectivity index (χ2v) is 10.6. The molecule has 1 N–H and O–H groups in total. The van der Waals surface area contributed by atoms with Gasteiger partial charge in [-0.25, -0.2) is 9.97 Å². The molecule has 0 saturated heterocycles. The Hall–Kier alpha value is -4.57. The summed E-state index contributed by atoms with van der Waals surface area (Å²) in [5, 5.41) is 8.77. The number of nitrogens with zero attached hydrogens (tertiary/aromatic N) is 4. The van der Waals surface area contributed by atoms with Gasteiger partial charge in [-0.05, 0) is 67.3 Å². The number of hydrogen-bond acceptors (Lipinski definition) is 6. The maximum Gasteiger partial charge on any atom is 0.416 e. The highest BCUT2D eigenvalue weighted by molar-refractivity contribution is 5.94. The fraction of sp³-hybridized carbons (Fsp3) is 0.419. The van der Waals surface area contributed by atoms with Crippen molar-refractivity contribution < 1.29 is 58.9 Å². The third kappa shape index (κ3) is 10.5. The van der Waals surface area contributed by atoms with E-state index in [0.717, 1.165) is 35.5 Å². The first-order chi connectivity index (χ1) is 22.3. The third-order valence-electron chi connectivity index (χ3n) is 6.86. The number of aromatic nitrogens is 2. The van der Waals surface area contributed by atoms with Crippen LogP contribution in [0.15, 0.2) is 48.8 Å². The van der Waals surface area contributed by atoms with Crippen molar-refractivity contribution in [2.75, 3.05) is 23.0 Å². The maximum atomic E-state index is 13.8. The minimum absolute atomic E-state index is 0.0458. The molecule has 0 aliphatic rings. The highest BCUT2D eigenvalue weighted by Crippen LogP contribution is 2.38. The van der Waals surface area contributed by atoms with Crippen molar-refractivity contribution in [3.8, 4) is 5.75 Å². The van der Waals surface area contributed by atoms with Crippen LogP contribution in [0.2, 0.25) is 0 Å². The van der Waals surface area contributed by atoms with E-state index in [2.05, 4.69) is 9.97 Å². The van der Waals surface area contributed by atoms with Crippen LogP contribution in [0.5, 0.6) is 5.75 Å². The molecule has 0 saturated carbocycles. The van der Waals surface area contributed by atoms with Crippen molar-refractivity contribution in [1.82, 2.24) is 9.97 Å². The number of aliphatic carboxylic acids is 1. The summed E-state index contributed by atoms with van der Waals surface area (Å²) in [5.41, 5.74) is -4.88. The molecule has 3 rings (SSSR count). The highest BCUT2D eigenvalue weighted by Gasteiger charge is 2.37. The summed E-state index contributed by atoms with van der Waals surface area (Å²) in [5.74, 6) is -1.73. The number of alkyl halides is 9. The van der Waals surface area contributed by atoms with Crippen LogP contribution in [0.1, 0.15) is 67.3 Å². The normalized spacial score (nSPS) is 12.1. The molecule has 0 fully saturated rings. The number of ether oxygens (including phenoxy) is 1. The first-order valence-corrected chi connectivity index (χ1v) is 14.5. The Kier molecular flexibility index (Phi) is 12.3. The van der Waals surface area contributed by atoms with Gasteiger partial charge in [0.05, 0.1) is 35.7 Å². The Balaban J connectivity index is 2.15. The van der Waals surface area contributed by atoms with Gasteiger partial charge in [-0.2, -0.15) is 39.5 Å². The standard InChI is InChI=1S/C31H31F9N4O4/c1-3-6-26(45)44(4-2)25-9-8-21(29(32,33)34)13-20(25)18-43(28-41-15-24(16-42-28)48-10-5-7-27(46)47)17-19-11-22(30(35,36)37)14-23(12-19)31(38,39)40/h8-9,11-16H,3-7,10,17-18H2,1-2H3,(H,46,47). The number of benzene rings is 2. The van der Waals surface area contributed by atoms with Crippen LogP contribution >= 0.6 is 0 Å². The van der Waals surface area contributed by atoms with Crippen LogP contribution < -0.4 is 14.5 Å². The molecule has 0 spiro atoms. The average Bonchev–Trinajstić information content (AvgIpc) is 2.99. The number of amides is 1. The Morgan fingerprint density at radius 1 is 0.792 bits per heavy atom. The fourth-order valence-corrected chi connectivity index (χ4v) is 4.68. The lowest BCUT2D eigenvalue weighted by molar-refractivity contribution is -0.143. The van der Waals surface area contributed by atoms with Gasteiger partial charge in [-0.15, -0.1) is 0 Å². The first kappa shape index (κ1) is 37.9. The third-order valence-corrected chi connectivity index (χ3v) is 6.86. The van der Waals surface area contributed by atoms with Crippen LogP contribution in [-0.2, 0) is 41.2 Å². The molecule has 0 atom stereocenters. The van der Waals surface area contributed by atoms with E-state index in [0.29, 0.717) is 18.6 Å². The fourth-order valence-electron chi connectivity index (χ4n) is 4.68. The summed E-state index contributed by atoms with van der Waals surface area (Å²) in [6, 6.07) is 3.51. The number of carboxylic acids is 1. The van der Waals surface area contributed by atoms with Crippen molar-refractivity contribution >= 4 is 23.5 Å². The molecule has 1 amide bonds. The number of carbonyl (C=O) groups is 2. The lowest BCUT2D eigenvalue weighted by Gasteiger charge is -2.29. The van der Waals surface area contributed by atoms with Gasteiger partial charge in [0.25, 0.3) is 0 Å². The average molecular weight is 695 g/mol. The highest BCUT2D eigenvalue weighted by atomic mass is 19.4. The molecule has 0 bridgehead atoms. The molecule has 2 aromatic carbocycles. The minimum atomic E-state index is -5.16. The van der Waals surface area contributed by atoms with Crippen molar-refractivity contribution in [3.05, 3.63) is 76.6 Å². The van der Waals surface area contributed by atoms with Gasteiger partial charge in [0, 0.05) is 38.2 Å². The van der Waals surface area contributed by atoms with Crippen LogP contribution in [0, 0.1) is 0 Å². The van der Waals surface area contributed by atoms with Gasteiger partial charge in [0.2, 0.25) is 11.9 Å². The van der Waals surface area contributed by atoms with Crippen molar-refractivity contribution in [3.63, 3.8) is 0 Å². The zero-order valence-corrected chi connectivity index (χ0v) is 25.6. The smallest absolute Gasteiger partial charge is 0.416 e. The van der Waals surface area contributed by atoms with Gasteiger partial charge in [-0.1, -0.05) is 6.92 Å². The number of rotatable bonds is 14. The monoisotopic (exact) mass is 694 g/mol. The summed E-state index contributed by atoms with van der Waals surface area (Å²) in [7, 11) is 0. The zero-order valence-electron chi connectivity index (χ0n) is 25.6. The Labute approximate surface area is 269 Å². The summed E-state index contributed by atoms with van der Waals surface area (Å²) in [6.07, 6.45) is -12.5. The van der Waals surface area contributed by atoms with Gasteiger partial charge in [0.15, 0.2) is 5.75 Å². The molecule has 1 aromatic heterocycles. The number of carbonyl (C=O) groups excluding carboxylic acids is 1. The summed E-state index contributed by atoms with van der Waals surface area (Å²) < 4.78 is 129. The number of halogens is 9. The minimum Gasteiger partial charge on any atom is -0.490 e. The van der Waals surface area contributed by atoms with Crippen molar-refractivity contribution in [2.24, 2.45) is 0 Å². The molecule has 48 heavy (non-hydrogen) atoms. The molecular weight excluding hydrogens is 663 g/mol. The molecule has 262 valence electrons. The van der Waals surface area contributed by atoms with E-state index in [-0.39, 0.29) is 61.4 Å². The van der Waals surface area contributed by atoms with Gasteiger partial charge in [0.1, 0.15) is 0 Å². The van der Waals surface area contributed by atoms with E-state index in [1.54, 1.807) is 13.8 Å². The second kappa shape index (κ2) is 15.6. The molecule has 17 heteroatoms. The van der Waals surface area contributed by atoms with Crippen LogP contribution in [-0.4, -0.2) is 40.1 Å². The second-order valence-electron chi connectivity index (χ2n) is 10.6. The SMILES string of the molecule is CCCC(=O)N(CC)c1ccc(C(F)(F)F)cc1CN(Cc1cc(C(F)(F)F)cc(C(F)(F)F)c1)c1ncc(OCCCC(=O)O)cn1. The van der Waals surface area contributed by atoms with E-state index >= 15 is 0 Å². The summed E-state index contributed by atoms with van der Waals surface area (Å²) >= 11 is 0. The van der Waals surface area contributed by atoms with E-state index < -0.39 is 65.7 Å². The van der Waals surface area contributed by atoms with Crippen LogP contribution in [0.4, 0.5) is 51.1 Å². The van der Waals surface area contributed by atoms with E-state index in [4.69, 9.17) is 9.84 Å². The van der Waals surface area contributed by atoms with Crippen molar-refractivity contribution in [1.29, 1.82) is 0 Å². The summed E-state index contributed by atoms with van der Waals surface area (Å²) in [6.45, 7) is 2.01. The molecule has 0 aliphatic carbocycles. The Morgan fingerprint density at radius 2 is 1.38 bits per heavy atom. The van der Waals surface area contributed by atoms with E-state index in [1.165, 1.54) is 4.90 Å². The lowest BCUT2D eigenvalue weighted by Crippen LogP contribution is -2.33. The molecule has 3 aromatic rings. The Bertz CT molecular complexity index is 1530. The lowest BCUT2D eigenvalue weighted by atomic mass is 10.0. The predicted molar refractivity (Wildman–Crippen MR) is 155 cm³/mol. The quantitative estimate of drug-likeness (QED) is 0.135. The van der Waals surface area contributed by atoms with E-state index in [9.17, 15) is 49.1 Å². The maximum absolute atomic E-state index is 13.8. The molecule has 1 heterocycles. The summed E-state index contributed by atoms with van der Waals surface area (Å²) in [4.78, 5) is 34.1. The Morgan fingerprint density at radius 3 is 1.88 bits per heavy atom. The largest absolute Gasteiger partial charge is 0.490 e. The first-order valence-electron chi connectivity index (χ1n) is 14.5. The number of anilines is 2. The van der Waals surface area contributed by atoms with E-state index in [1.807, 2.05) is 0 Å². The number of hydrogen-bond donors (Lipinski definition) is 1. The van der Waals surface area contributed by atoms with Crippen LogP contribution in [0.25, 0.3) is 0 Å². The molecule has 0 radical (unpaired) electrons. The topological polar surface area (TPSA) is 95.9 Å². The predicted octanol–water partition coefficient (Wildman–Crippen LogP) is 8.14. The van der Waals surface area contributed by atoms with Gasteiger partial charge < -0.3 is 19.6 Å². The molecule has 0 unspecified atom stereocenters. The number of carboxylic acid groups (broad SMARTS) is 1. The van der Waals surface area contributed by atoms with Gasteiger partial charge >= 0.3 is 24.5 Å². The molecule has 0 aliphatic heterocycles. The molecular formula is C31H31F9N4O4. The van der Waals surface area contributed by atoms with Crippen LogP contribution in [0.3, 0.4) is 0 Å².